The third kappa shape index (κ3) is 1.86. The fraction of sp³-hybridized carbons (Fsp3) is 0.750. The van der Waals surface area contributed by atoms with Gasteiger partial charge < -0.3 is 25.5 Å². The highest BCUT2D eigenvalue weighted by atomic mass is 16.4. The van der Waals surface area contributed by atoms with Gasteiger partial charge in [-0.2, -0.15) is 0 Å². The van der Waals surface area contributed by atoms with Crippen molar-refractivity contribution in [2.24, 2.45) is 34.0 Å². The lowest BCUT2D eigenvalue weighted by atomic mass is 9.51. The monoisotopic (exact) mass is 394 g/mol. The maximum Gasteiger partial charge on any atom is 0.312 e. The zero-order valence-electron chi connectivity index (χ0n) is 15.7. The summed E-state index contributed by atoms with van der Waals surface area (Å²) >= 11 is 0. The van der Waals surface area contributed by atoms with Crippen LogP contribution in [0.3, 0.4) is 0 Å². The number of carboxylic acid groups (broad SMARTS) is 3. The lowest BCUT2D eigenvalue weighted by molar-refractivity contribution is -0.192. The van der Waals surface area contributed by atoms with Crippen molar-refractivity contribution in [1.82, 2.24) is 0 Å². The first-order chi connectivity index (χ1) is 12.9. The van der Waals surface area contributed by atoms with Crippen molar-refractivity contribution in [2.45, 2.75) is 57.2 Å². The number of aliphatic carboxylic acids is 3. The summed E-state index contributed by atoms with van der Waals surface area (Å²) in [6.45, 7) is 5.21. The Morgan fingerprint density at radius 1 is 1.07 bits per heavy atom. The van der Waals surface area contributed by atoms with Crippen LogP contribution in [0.5, 0.6) is 0 Å². The lowest BCUT2D eigenvalue weighted by Crippen LogP contribution is -2.60. The molecule has 0 saturated heterocycles. The van der Waals surface area contributed by atoms with Crippen molar-refractivity contribution in [3.63, 3.8) is 0 Å². The molecule has 0 aromatic heterocycles. The normalized spacial score (nSPS) is 52.0. The molecule has 8 nitrogen and oxygen atoms in total. The molecule has 0 unspecified atom stereocenters. The maximum absolute atomic E-state index is 12.7. The highest BCUT2D eigenvalue weighted by Crippen LogP contribution is 2.78. The van der Waals surface area contributed by atoms with E-state index in [-0.39, 0.29) is 25.7 Å². The Morgan fingerprint density at radius 3 is 2.25 bits per heavy atom. The molecule has 4 aliphatic carbocycles. The van der Waals surface area contributed by atoms with Gasteiger partial charge in [-0.3, -0.25) is 14.4 Å². The molecule has 0 aliphatic heterocycles. The number of fused-ring (bicyclic) bond motifs is 3. The first-order valence-electron chi connectivity index (χ1n) is 9.66. The molecular formula is C20H26O8. The molecule has 4 fully saturated rings. The molecule has 0 aromatic carbocycles. The summed E-state index contributed by atoms with van der Waals surface area (Å²) in [4.78, 5) is 37.5. The summed E-state index contributed by atoms with van der Waals surface area (Å²) in [7, 11) is 0. The standard InChI is InChI=1S/C20H26O8/c1-9-7-18-8-19(9,28)5-3-10(18)20(16(26)27)6-4-11(21)17(2,15(24)25)13(20)12(18)14(22)23/h10-13,21,28H,1,3-8H2,2H3,(H,22,23)(H,24,25)(H,26,27)/t10-,11+,12-,13-,17-,18+,19+,20-/m1/s1. The molecule has 0 radical (unpaired) electrons. The topological polar surface area (TPSA) is 152 Å². The quantitative estimate of drug-likeness (QED) is 0.446. The Hall–Kier alpha value is -1.93. The van der Waals surface area contributed by atoms with E-state index in [4.69, 9.17) is 0 Å². The predicted molar refractivity (Wildman–Crippen MR) is 94.1 cm³/mol. The average molecular weight is 394 g/mol. The molecule has 4 aliphatic rings. The van der Waals surface area contributed by atoms with E-state index in [0.717, 1.165) is 0 Å². The third-order valence-electron chi connectivity index (χ3n) is 8.79. The Labute approximate surface area is 161 Å². The van der Waals surface area contributed by atoms with Gasteiger partial charge in [0.25, 0.3) is 0 Å². The predicted octanol–water partition coefficient (Wildman–Crippen LogP) is 1.11. The SMILES string of the molecule is C=C1C[C@]23C[C@@]1(O)CC[C@H]2[C@]1(C(=O)O)CC[C@H](O)[C@@](C)(C(=O)O)[C@H]1[C@@H]3C(=O)O. The minimum absolute atomic E-state index is 0.0181. The van der Waals surface area contributed by atoms with Gasteiger partial charge in [0.15, 0.2) is 0 Å². The Bertz CT molecular complexity index is 806. The van der Waals surface area contributed by atoms with Gasteiger partial charge in [0.05, 0.1) is 28.5 Å². The second kappa shape index (κ2) is 5.36. The summed E-state index contributed by atoms with van der Waals surface area (Å²) in [5, 5.41) is 52.1. The molecular weight excluding hydrogens is 368 g/mol. The second-order valence-corrected chi connectivity index (χ2v) is 9.59. The van der Waals surface area contributed by atoms with E-state index in [2.05, 4.69) is 6.58 Å². The average Bonchev–Trinajstić information content (AvgIpc) is 2.96. The fourth-order valence-electron chi connectivity index (χ4n) is 7.68. The van der Waals surface area contributed by atoms with Crippen LogP contribution in [0.1, 0.15) is 45.4 Å². The zero-order valence-corrected chi connectivity index (χ0v) is 15.7. The summed E-state index contributed by atoms with van der Waals surface area (Å²) in [5.74, 6) is -7.02. The second-order valence-electron chi connectivity index (χ2n) is 9.59. The van der Waals surface area contributed by atoms with Gasteiger partial charge >= 0.3 is 17.9 Å². The van der Waals surface area contributed by atoms with E-state index < -0.39 is 63.6 Å². The molecule has 2 bridgehead atoms. The molecule has 4 rings (SSSR count). The molecule has 154 valence electrons. The van der Waals surface area contributed by atoms with Crippen molar-refractivity contribution in [2.75, 3.05) is 0 Å². The number of carbonyl (C=O) groups is 3. The minimum atomic E-state index is -1.91. The minimum Gasteiger partial charge on any atom is -0.481 e. The maximum atomic E-state index is 12.7. The molecule has 1 spiro atoms. The molecule has 0 heterocycles. The number of rotatable bonds is 3. The van der Waals surface area contributed by atoms with E-state index in [1.165, 1.54) is 6.92 Å². The Morgan fingerprint density at radius 2 is 1.71 bits per heavy atom. The number of carboxylic acids is 3. The van der Waals surface area contributed by atoms with Crippen LogP contribution in [0.2, 0.25) is 0 Å². The summed E-state index contributed by atoms with van der Waals surface area (Å²) in [6, 6.07) is 0. The molecule has 5 N–H and O–H groups in total. The van der Waals surface area contributed by atoms with Crippen LogP contribution in [0, 0.1) is 34.0 Å². The van der Waals surface area contributed by atoms with Crippen LogP contribution < -0.4 is 0 Å². The van der Waals surface area contributed by atoms with Gasteiger partial charge in [0.2, 0.25) is 0 Å². The van der Waals surface area contributed by atoms with Crippen molar-refractivity contribution < 1.29 is 39.9 Å². The Kier molecular flexibility index (Phi) is 3.71. The van der Waals surface area contributed by atoms with Gasteiger partial charge in [0.1, 0.15) is 0 Å². The number of aliphatic hydroxyl groups is 2. The van der Waals surface area contributed by atoms with Crippen LogP contribution in [0.15, 0.2) is 12.2 Å². The molecule has 4 saturated carbocycles. The molecule has 28 heavy (non-hydrogen) atoms. The van der Waals surface area contributed by atoms with E-state index in [0.29, 0.717) is 18.4 Å². The van der Waals surface area contributed by atoms with Gasteiger partial charge in [-0.15, -0.1) is 0 Å². The highest BCUT2D eigenvalue weighted by Gasteiger charge is 2.81. The highest BCUT2D eigenvalue weighted by molar-refractivity contribution is 5.86. The third-order valence-corrected chi connectivity index (χ3v) is 8.79. The zero-order chi connectivity index (χ0) is 20.9. The van der Waals surface area contributed by atoms with Crippen molar-refractivity contribution in [1.29, 1.82) is 0 Å². The number of hydrogen-bond donors (Lipinski definition) is 5. The van der Waals surface area contributed by atoms with E-state index in [1.807, 2.05) is 0 Å². The van der Waals surface area contributed by atoms with Crippen molar-refractivity contribution in [3.05, 3.63) is 12.2 Å². The van der Waals surface area contributed by atoms with Crippen LogP contribution in [0.25, 0.3) is 0 Å². The number of aliphatic hydroxyl groups excluding tert-OH is 1. The molecule has 0 amide bonds. The van der Waals surface area contributed by atoms with Crippen molar-refractivity contribution >= 4 is 17.9 Å². The van der Waals surface area contributed by atoms with Gasteiger partial charge in [-0.25, -0.2) is 0 Å². The summed E-state index contributed by atoms with van der Waals surface area (Å²) in [6.07, 6.45) is -0.495. The van der Waals surface area contributed by atoms with Crippen LogP contribution in [-0.4, -0.2) is 55.1 Å². The van der Waals surface area contributed by atoms with Gasteiger partial charge in [-0.05, 0) is 62.4 Å². The van der Waals surface area contributed by atoms with Gasteiger partial charge in [0, 0.05) is 5.92 Å². The molecule has 8 heteroatoms. The fourth-order valence-corrected chi connectivity index (χ4v) is 7.68. The summed E-state index contributed by atoms with van der Waals surface area (Å²) in [5.41, 5.74) is -5.29. The summed E-state index contributed by atoms with van der Waals surface area (Å²) < 4.78 is 0. The van der Waals surface area contributed by atoms with E-state index in [1.54, 1.807) is 0 Å². The largest absolute Gasteiger partial charge is 0.481 e. The van der Waals surface area contributed by atoms with E-state index >= 15 is 0 Å². The molecule has 0 aromatic rings. The van der Waals surface area contributed by atoms with Crippen molar-refractivity contribution in [3.8, 4) is 0 Å². The smallest absolute Gasteiger partial charge is 0.312 e. The lowest BCUT2D eigenvalue weighted by Gasteiger charge is -2.51. The first kappa shape index (κ1) is 19.4. The Balaban J connectivity index is 2.03. The van der Waals surface area contributed by atoms with E-state index in [9.17, 15) is 39.9 Å². The van der Waals surface area contributed by atoms with Gasteiger partial charge in [-0.1, -0.05) is 6.58 Å². The number of hydrogen-bond acceptors (Lipinski definition) is 5. The van der Waals surface area contributed by atoms with Crippen LogP contribution in [-0.2, 0) is 14.4 Å². The first-order valence-corrected chi connectivity index (χ1v) is 9.66. The molecule has 8 atom stereocenters. The van der Waals surface area contributed by atoms with Crippen LogP contribution in [0.4, 0.5) is 0 Å². The van der Waals surface area contributed by atoms with Crippen LogP contribution >= 0.6 is 0 Å².